The Labute approximate surface area is 225 Å². The number of rotatable bonds is 7. The molecule has 1 spiro atoms. The number of likely N-dealkylation sites (tertiary alicyclic amines) is 1. The van der Waals surface area contributed by atoms with E-state index in [2.05, 4.69) is 27.0 Å². The van der Waals surface area contributed by atoms with Gasteiger partial charge in [-0.25, -0.2) is 13.7 Å². The molecule has 0 saturated carbocycles. The molecule has 2 aliphatic heterocycles. The van der Waals surface area contributed by atoms with E-state index in [0.717, 1.165) is 45.4 Å². The molecule has 2 aromatic carbocycles. The molecule has 2 N–H and O–H groups in total. The van der Waals surface area contributed by atoms with Crippen LogP contribution >= 0.6 is 12.1 Å². The van der Waals surface area contributed by atoms with Gasteiger partial charge in [-0.2, -0.15) is 5.26 Å². The van der Waals surface area contributed by atoms with Gasteiger partial charge in [-0.1, -0.05) is 6.92 Å². The van der Waals surface area contributed by atoms with Gasteiger partial charge in [0.1, 0.15) is 17.4 Å². The number of nitrogens with zero attached hydrogens (tertiary/aromatic N) is 5. The Morgan fingerprint density at radius 1 is 1.34 bits per heavy atom. The molecule has 2 saturated heterocycles. The van der Waals surface area contributed by atoms with Crippen LogP contribution in [0.4, 0.5) is 10.1 Å². The van der Waals surface area contributed by atoms with Crippen LogP contribution in [0.25, 0.3) is 10.9 Å². The molecule has 0 bridgehead atoms. The number of halogens is 1. The van der Waals surface area contributed by atoms with Crippen LogP contribution in [0.5, 0.6) is 11.5 Å². The zero-order valence-corrected chi connectivity index (χ0v) is 22.6. The van der Waals surface area contributed by atoms with Crippen molar-refractivity contribution >= 4 is 28.7 Å². The Balaban J connectivity index is 1.45. The molecule has 0 radical (unpaired) electrons. The number of nitriles is 1. The zero-order valence-electron chi connectivity index (χ0n) is 21.8. The second-order valence-corrected chi connectivity index (χ2v) is 11.0. The molecular formula is C27H32FN7O2S. The Morgan fingerprint density at radius 2 is 2.13 bits per heavy atom. The molecule has 1 atom stereocenters. The molecule has 38 heavy (non-hydrogen) atoms. The fourth-order valence-corrected chi connectivity index (χ4v) is 5.99. The first-order valence-corrected chi connectivity index (χ1v) is 13.6. The molecule has 3 heterocycles. The van der Waals surface area contributed by atoms with Gasteiger partial charge in [-0.3, -0.25) is 14.3 Å². The molecule has 5 rings (SSSR count). The lowest BCUT2D eigenvalue weighted by molar-refractivity contribution is 0.128. The third kappa shape index (κ3) is 4.97. The maximum Gasteiger partial charge on any atom is 0.261 e. The molecule has 3 aromatic rings. The van der Waals surface area contributed by atoms with Gasteiger partial charge in [0.25, 0.3) is 5.56 Å². The normalized spacial score (nSPS) is 19.2. The molecule has 2 aliphatic rings. The lowest BCUT2D eigenvalue weighted by atomic mass is 9.85. The van der Waals surface area contributed by atoms with E-state index in [0.29, 0.717) is 16.6 Å². The number of likely N-dealkylation sites (N-methyl/N-ethyl adjacent to an activating group) is 1. The van der Waals surface area contributed by atoms with Crippen LogP contribution in [-0.2, 0) is 0 Å². The molecular weight excluding hydrogens is 505 g/mol. The summed E-state index contributed by atoms with van der Waals surface area (Å²) in [5.41, 5.74) is 0.976. The lowest BCUT2D eigenvalue weighted by Gasteiger charge is -2.39. The highest BCUT2D eigenvalue weighted by Crippen LogP contribution is 2.40. The zero-order chi connectivity index (χ0) is 26.9. The Morgan fingerprint density at radius 3 is 2.87 bits per heavy atom. The van der Waals surface area contributed by atoms with Gasteiger partial charge in [0.05, 0.1) is 29.0 Å². The van der Waals surface area contributed by atoms with Crippen molar-refractivity contribution in [2.75, 3.05) is 45.0 Å². The average Bonchev–Trinajstić information content (AvgIpc) is 3.23. The second-order valence-electron chi connectivity index (χ2n) is 10.00. The Hall–Kier alpha value is -3.17. The van der Waals surface area contributed by atoms with E-state index < -0.39 is 5.82 Å². The molecule has 11 heteroatoms. The number of aromatic nitrogens is 2. The van der Waals surface area contributed by atoms with E-state index in [9.17, 15) is 14.4 Å². The summed E-state index contributed by atoms with van der Waals surface area (Å²) < 4.78 is 27.5. The number of nitrogens with one attached hydrogen (secondary N) is 2. The number of piperidine rings is 1. The summed E-state index contributed by atoms with van der Waals surface area (Å²) in [6, 6.07) is 9.74. The first-order chi connectivity index (χ1) is 18.3. The Kier molecular flexibility index (Phi) is 7.59. The van der Waals surface area contributed by atoms with Crippen molar-refractivity contribution in [2.45, 2.75) is 37.8 Å². The minimum atomic E-state index is -0.661. The number of fused-ring (bicyclic) bond motifs is 1. The van der Waals surface area contributed by atoms with Gasteiger partial charge in [0.2, 0.25) is 0 Å². The van der Waals surface area contributed by atoms with Gasteiger partial charge in [0, 0.05) is 30.8 Å². The maximum absolute atomic E-state index is 14.8. The van der Waals surface area contributed by atoms with Crippen molar-refractivity contribution in [3.05, 3.63) is 58.4 Å². The summed E-state index contributed by atoms with van der Waals surface area (Å²) >= 11 is 1.30. The van der Waals surface area contributed by atoms with Crippen molar-refractivity contribution < 1.29 is 9.13 Å². The highest BCUT2D eigenvalue weighted by molar-refractivity contribution is 7.98. The predicted molar refractivity (Wildman–Crippen MR) is 148 cm³/mol. The summed E-state index contributed by atoms with van der Waals surface area (Å²) in [6.07, 6.45) is 4.65. The van der Waals surface area contributed by atoms with E-state index in [4.69, 9.17) is 4.74 Å². The second kappa shape index (κ2) is 10.9. The topological polar surface area (TPSA) is 98.4 Å². The standard InChI is InChI=1S/C27H32FN7O2S/c1-4-34(3)38-32-24-8-6-22(28)25(21(24)15-29)37-19-5-7-23-20(13-19)26(36)35(17-31-23)18-14-27(33(2)16-18)9-11-30-12-10-27/h5-8,13,17-18,30,32H,4,9-12,14,16H2,1-3H3. The van der Waals surface area contributed by atoms with Gasteiger partial charge < -0.3 is 14.8 Å². The third-order valence-electron chi connectivity index (χ3n) is 7.79. The molecule has 0 aliphatic carbocycles. The van der Waals surface area contributed by atoms with Crippen LogP contribution in [-0.4, -0.2) is 64.6 Å². The van der Waals surface area contributed by atoms with Crippen LogP contribution in [0.15, 0.2) is 41.5 Å². The smallest absolute Gasteiger partial charge is 0.261 e. The van der Waals surface area contributed by atoms with Gasteiger partial charge in [-0.15, -0.1) is 0 Å². The molecule has 0 amide bonds. The van der Waals surface area contributed by atoms with Crippen molar-refractivity contribution in [2.24, 2.45) is 0 Å². The summed E-state index contributed by atoms with van der Waals surface area (Å²) in [6.45, 7) is 5.52. The Bertz CT molecular complexity index is 1430. The molecule has 2 fully saturated rings. The van der Waals surface area contributed by atoms with Crippen LogP contribution in [0.1, 0.15) is 37.8 Å². The van der Waals surface area contributed by atoms with Gasteiger partial charge in [-0.05, 0) is 76.8 Å². The largest absolute Gasteiger partial charge is 0.453 e. The molecule has 200 valence electrons. The number of anilines is 1. The van der Waals surface area contributed by atoms with Crippen LogP contribution in [0, 0.1) is 17.1 Å². The fraction of sp³-hybridized carbons (Fsp3) is 0.444. The third-order valence-corrected chi connectivity index (χ3v) is 8.67. The van der Waals surface area contributed by atoms with Crippen molar-refractivity contribution in [1.29, 1.82) is 5.26 Å². The summed E-state index contributed by atoms with van der Waals surface area (Å²) in [7, 11) is 4.04. The van der Waals surface area contributed by atoms with Crippen molar-refractivity contribution in [1.82, 2.24) is 24.1 Å². The molecule has 1 unspecified atom stereocenters. The lowest BCUT2D eigenvalue weighted by Crippen LogP contribution is -2.49. The van der Waals surface area contributed by atoms with Gasteiger partial charge in [0.15, 0.2) is 11.6 Å². The summed E-state index contributed by atoms with van der Waals surface area (Å²) in [4.78, 5) is 20.5. The molecule has 9 nitrogen and oxygen atoms in total. The minimum absolute atomic E-state index is 0.0243. The first kappa shape index (κ1) is 26.4. The summed E-state index contributed by atoms with van der Waals surface area (Å²) in [5.74, 6) is -0.588. The van der Waals surface area contributed by atoms with E-state index in [1.54, 1.807) is 29.1 Å². The fourth-order valence-electron chi connectivity index (χ4n) is 5.43. The SMILES string of the molecule is CCN(C)SNc1ccc(F)c(Oc2ccc3ncn(C4CN(C)C5(CCNCC5)C4)c(=O)c3c2)c1C#N. The average molecular weight is 538 g/mol. The number of benzene rings is 2. The highest BCUT2D eigenvalue weighted by atomic mass is 32.2. The van der Waals surface area contributed by atoms with Crippen molar-refractivity contribution in [3.8, 4) is 17.6 Å². The number of hydrogen-bond acceptors (Lipinski definition) is 9. The minimum Gasteiger partial charge on any atom is -0.453 e. The van der Waals surface area contributed by atoms with Crippen LogP contribution < -0.4 is 20.3 Å². The van der Waals surface area contributed by atoms with Crippen LogP contribution in [0.2, 0.25) is 0 Å². The van der Waals surface area contributed by atoms with Crippen LogP contribution in [0.3, 0.4) is 0 Å². The van der Waals surface area contributed by atoms with E-state index in [1.807, 2.05) is 24.3 Å². The summed E-state index contributed by atoms with van der Waals surface area (Å²) in [5, 5.41) is 13.6. The van der Waals surface area contributed by atoms with E-state index >= 15 is 0 Å². The monoisotopic (exact) mass is 537 g/mol. The first-order valence-electron chi connectivity index (χ1n) is 12.8. The number of ether oxygens (including phenoxy) is 1. The highest BCUT2D eigenvalue weighted by Gasteiger charge is 2.44. The maximum atomic E-state index is 14.8. The van der Waals surface area contributed by atoms with Gasteiger partial charge >= 0.3 is 0 Å². The molecule has 1 aromatic heterocycles. The predicted octanol–water partition coefficient (Wildman–Crippen LogP) is 4.13. The van der Waals surface area contributed by atoms with E-state index in [-0.39, 0.29) is 34.2 Å². The number of hydrogen-bond donors (Lipinski definition) is 2. The van der Waals surface area contributed by atoms with E-state index in [1.165, 1.54) is 24.3 Å². The van der Waals surface area contributed by atoms with Crippen molar-refractivity contribution in [3.63, 3.8) is 0 Å². The quantitative estimate of drug-likeness (QED) is 0.431.